The van der Waals surface area contributed by atoms with Crippen molar-refractivity contribution in [1.29, 1.82) is 0 Å². The van der Waals surface area contributed by atoms with Gasteiger partial charge in [-0.2, -0.15) is 4.98 Å². The molecule has 0 saturated carbocycles. The van der Waals surface area contributed by atoms with Gasteiger partial charge in [-0.15, -0.1) is 0 Å². The van der Waals surface area contributed by atoms with Crippen molar-refractivity contribution >= 4 is 0 Å². The highest BCUT2D eigenvalue weighted by Crippen LogP contribution is 1.97. The van der Waals surface area contributed by atoms with Gasteiger partial charge in [-0.25, -0.2) is 0 Å². The fourth-order valence-corrected chi connectivity index (χ4v) is 0.808. The van der Waals surface area contributed by atoms with Crippen molar-refractivity contribution < 1.29 is 9.26 Å². The third-order valence-corrected chi connectivity index (χ3v) is 1.37. The lowest BCUT2D eigenvalue weighted by molar-refractivity contribution is 0.199. The van der Waals surface area contributed by atoms with Crippen LogP contribution in [0.5, 0.6) is 0 Å². The highest BCUT2D eigenvalue weighted by atomic mass is 16.5. The molecule has 1 rings (SSSR count). The van der Waals surface area contributed by atoms with Gasteiger partial charge in [0.05, 0.1) is 13.2 Å². The maximum absolute atomic E-state index is 4.92. The summed E-state index contributed by atoms with van der Waals surface area (Å²) >= 11 is 0. The Kier molecular flexibility index (Phi) is 3.69. The molecule has 5 heteroatoms. The topological polar surface area (TPSA) is 60.2 Å². The van der Waals surface area contributed by atoms with Gasteiger partial charge in [0, 0.05) is 13.5 Å². The molecule has 0 amide bonds. The van der Waals surface area contributed by atoms with E-state index in [1.54, 1.807) is 7.11 Å². The average Bonchev–Trinajstić information content (AvgIpc) is 2.50. The van der Waals surface area contributed by atoms with Crippen LogP contribution >= 0.6 is 0 Å². The zero-order valence-corrected chi connectivity index (χ0v) is 7.33. The van der Waals surface area contributed by atoms with E-state index in [2.05, 4.69) is 15.5 Å². The molecule has 1 aromatic heterocycles. The molecule has 0 aliphatic rings. The van der Waals surface area contributed by atoms with Crippen LogP contribution < -0.4 is 5.32 Å². The number of ether oxygens (including phenoxy) is 1. The normalized spacial score (nSPS) is 10.5. The van der Waals surface area contributed by atoms with Crippen molar-refractivity contribution in [2.75, 3.05) is 20.8 Å². The van der Waals surface area contributed by atoms with Crippen LogP contribution in [-0.2, 0) is 17.7 Å². The van der Waals surface area contributed by atoms with Crippen LogP contribution in [0.2, 0.25) is 0 Å². The van der Waals surface area contributed by atoms with Crippen molar-refractivity contribution in [3.05, 3.63) is 11.7 Å². The average molecular weight is 171 g/mol. The number of hydrogen-bond donors (Lipinski definition) is 1. The SMILES string of the molecule is CNCc1nc(CCOC)no1. The highest BCUT2D eigenvalue weighted by molar-refractivity contribution is 4.85. The molecule has 0 aliphatic heterocycles. The summed E-state index contributed by atoms with van der Waals surface area (Å²) in [6.07, 6.45) is 0.698. The molecular formula is C7H13N3O2. The van der Waals surface area contributed by atoms with E-state index in [1.807, 2.05) is 7.05 Å². The van der Waals surface area contributed by atoms with E-state index < -0.39 is 0 Å². The van der Waals surface area contributed by atoms with Gasteiger partial charge in [0.1, 0.15) is 0 Å². The van der Waals surface area contributed by atoms with Crippen molar-refractivity contribution in [3.63, 3.8) is 0 Å². The molecule has 0 spiro atoms. The molecule has 0 saturated heterocycles. The fourth-order valence-electron chi connectivity index (χ4n) is 0.808. The van der Waals surface area contributed by atoms with Crippen LogP contribution in [-0.4, -0.2) is 30.9 Å². The summed E-state index contributed by atoms with van der Waals surface area (Å²) in [5, 5.41) is 6.69. The van der Waals surface area contributed by atoms with Crippen LogP contribution in [0.4, 0.5) is 0 Å². The number of nitrogens with zero attached hydrogens (tertiary/aromatic N) is 2. The summed E-state index contributed by atoms with van der Waals surface area (Å²) < 4.78 is 9.80. The highest BCUT2D eigenvalue weighted by Gasteiger charge is 2.03. The first-order valence-electron chi connectivity index (χ1n) is 3.82. The van der Waals surface area contributed by atoms with Crippen LogP contribution in [0.3, 0.4) is 0 Å². The van der Waals surface area contributed by atoms with Crippen molar-refractivity contribution in [2.45, 2.75) is 13.0 Å². The van der Waals surface area contributed by atoms with Crippen molar-refractivity contribution in [3.8, 4) is 0 Å². The van der Waals surface area contributed by atoms with E-state index in [0.717, 1.165) is 0 Å². The zero-order valence-electron chi connectivity index (χ0n) is 7.33. The van der Waals surface area contributed by atoms with E-state index in [0.29, 0.717) is 31.3 Å². The Bertz CT molecular complexity index is 224. The number of methoxy groups -OCH3 is 1. The van der Waals surface area contributed by atoms with Crippen LogP contribution in [0.15, 0.2) is 4.52 Å². The number of aromatic nitrogens is 2. The maximum Gasteiger partial charge on any atom is 0.240 e. The molecule has 1 N–H and O–H groups in total. The summed E-state index contributed by atoms with van der Waals surface area (Å²) in [5.74, 6) is 1.31. The second kappa shape index (κ2) is 4.84. The molecule has 0 aromatic carbocycles. The quantitative estimate of drug-likeness (QED) is 0.674. The molecule has 1 heterocycles. The van der Waals surface area contributed by atoms with Gasteiger partial charge >= 0.3 is 0 Å². The second-order valence-corrected chi connectivity index (χ2v) is 2.38. The minimum atomic E-state index is 0.611. The van der Waals surface area contributed by atoms with Crippen LogP contribution in [0.25, 0.3) is 0 Å². The summed E-state index contributed by atoms with van der Waals surface area (Å²) in [4.78, 5) is 4.12. The largest absolute Gasteiger partial charge is 0.384 e. The number of rotatable bonds is 5. The van der Waals surface area contributed by atoms with E-state index in [1.165, 1.54) is 0 Å². The Labute approximate surface area is 71.1 Å². The summed E-state index contributed by atoms with van der Waals surface area (Å²) in [5.41, 5.74) is 0. The van der Waals surface area contributed by atoms with E-state index in [-0.39, 0.29) is 0 Å². The Morgan fingerprint density at radius 1 is 1.58 bits per heavy atom. The van der Waals surface area contributed by atoms with Gasteiger partial charge in [-0.1, -0.05) is 5.16 Å². The monoisotopic (exact) mass is 171 g/mol. The number of nitrogens with one attached hydrogen (secondary N) is 1. The smallest absolute Gasteiger partial charge is 0.240 e. The van der Waals surface area contributed by atoms with Gasteiger partial charge in [0.15, 0.2) is 5.82 Å². The molecule has 0 bridgehead atoms. The molecule has 0 fully saturated rings. The lowest BCUT2D eigenvalue weighted by atomic mass is 10.4. The minimum absolute atomic E-state index is 0.611. The lowest BCUT2D eigenvalue weighted by Gasteiger charge is -1.90. The van der Waals surface area contributed by atoms with Gasteiger partial charge in [0.25, 0.3) is 0 Å². The lowest BCUT2D eigenvalue weighted by Crippen LogP contribution is -2.05. The summed E-state index contributed by atoms with van der Waals surface area (Å²) in [6.45, 7) is 1.23. The molecule has 1 aromatic rings. The molecule has 0 radical (unpaired) electrons. The minimum Gasteiger partial charge on any atom is -0.384 e. The fraction of sp³-hybridized carbons (Fsp3) is 0.714. The maximum atomic E-state index is 4.92. The first-order chi connectivity index (χ1) is 5.86. The molecular weight excluding hydrogens is 158 g/mol. The summed E-state index contributed by atoms with van der Waals surface area (Å²) in [6, 6.07) is 0. The predicted octanol–water partition coefficient (Wildman–Crippen LogP) is -0.0221. The summed E-state index contributed by atoms with van der Waals surface area (Å²) in [7, 11) is 3.48. The third-order valence-electron chi connectivity index (χ3n) is 1.37. The molecule has 0 atom stereocenters. The standard InChI is InChI=1S/C7H13N3O2/c1-8-5-7-9-6(10-12-7)3-4-11-2/h8H,3-5H2,1-2H3. The van der Waals surface area contributed by atoms with Crippen LogP contribution in [0, 0.1) is 0 Å². The molecule has 0 unspecified atom stereocenters. The molecule has 5 nitrogen and oxygen atoms in total. The predicted molar refractivity (Wildman–Crippen MR) is 42.6 cm³/mol. The Hall–Kier alpha value is -0.940. The third kappa shape index (κ3) is 2.60. The van der Waals surface area contributed by atoms with E-state index >= 15 is 0 Å². The molecule has 0 aliphatic carbocycles. The van der Waals surface area contributed by atoms with E-state index in [4.69, 9.17) is 9.26 Å². The van der Waals surface area contributed by atoms with Crippen LogP contribution in [0.1, 0.15) is 11.7 Å². The first kappa shape index (κ1) is 9.15. The number of hydrogen-bond acceptors (Lipinski definition) is 5. The zero-order chi connectivity index (χ0) is 8.81. The van der Waals surface area contributed by atoms with Crippen molar-refractivity contribution in [1.82, 2.24) is 15.5 Å². The van der Waals surface area contributed by atoms with E-state index in [9.17, 15) is 0 Å². The van der Waals surface area contributed by atoms with Gasteiger partial charge in [-0.05, 0) is 7.05 Å². The molecule has 12 heavy (non-hydrogen) atoms. The Balaban J connectivity index is 2.41. The van der Waals surface area contributed by atoms with Gasteiger partial charge in [-0.3, -0.25) is 0 Å². The van der Waals surface area contributed by atoms with Crippen molar-refractivity contribution in [2.24, 2.45) is 0 Å². The second-order valence-electron chi connectivity index (χ2n) is 2.38. The van der Waals surface area contributed by atoms with Gasteiger partial charge in [0.2, 0.25) is 5.89 Å². The Morgan fingerprint density at radius 3 is 3.08 bits per heavy atom. The first-order valence-corrected chi connectivity index (χ1v) is 3.82. The van der Waals surface area contributed by atoms with Gasteiger partial charge < -0.3 is 14.6 Å². The Morgan fingerprint density at radius 2 is 2.42 bits per heavy atom. The molecule has 68 valence electrons.